The van der Waals surface area contributed by atoms with Crippen LogP contribution in [0.3, 0.4) is 0 Å². The molecule has 0 aliphatic carbocycles. The monoisotopic (exact) mass is 1160 g/mol. The van der Waals surface area contributed by atoms with Crippen molar-refractivity contribution in [2.24, 2.45) is 5.73 Å². The molecule has 368 valence electrons. The van der Waals surface area contributed by atoms with Crippen molar-refractivity contribution in [3.63, 3.8) is 0 Å². The summed E-state index contributed by atoms with van der Waals surface area (Å²) in [4.78, 5) is 23.7. The smallest absolute Gasteiger partial charge is 0.329 e. The summed E-state index contributed by atoms with van der Waals surface area (Å²) in [7, 11) is 5.61. The van der Waals surface area contributed by atoms with Gasteiger partial charge < -0.3 is 20.1 Å². The lowest BCUT2D eigenvalue weighted by Crippen LogP contribution is -2.33. The number of imidazole rings is 3. The van der Waals surface area contributed by atoms with E-state index in [1.807, 2.05) is 154 Å². The summed E-state index contributed by atoms with van der Waals surface area (Å²) in [6, 6.07) is 18.1. The number of fused-ring (bicyclic) bond motifs is 3. The number of thioether (sulfide) groups is 1. The quantitative estimate of drug-likeness (QED) is 0.0847. The predicted octanol–water partition coefficient (Wildman–Crippen LogP) is 14.1. The first kappa shape index (κ1) is 59.2. The van der Waals surface area contributed by atoms with Crippen LogP contribution in [0.4, 0.5) is 27.9 Å². The third kappa shape index (κ3) is 14.1. The number of thiocarbonyl (C=S) groups is 1. The van der Waals surface area contributed by atoms with Crippen LogP contribution in [0, 0.1) is 11.2 Å². The molecule has 0 aliphatic rings. The minimum atomic E-state index is -0.307. The van der Waals surface area contributed by atoms with Crippen LogP contribution in [-0.4, -0.2) is 76.0 Å². The molecule has 0 atom stereocenters. The van der Waals surface area contributed by atoms with Gasteiger partial charge in [0, 0.05) is 58.7 Å². The van der Waals surface area contributed by atoms with Crippen molar-refractivity contribution >= 4 is 122 Å². The average molecular weight is 1160 g/mol. The van der Waals surface area contributed by atoms with Crippen LogP contribution in [-0.2, 0) is 19.3 Å². The van der Waals surface area contributed by atoms with Gasteiger partial charge in [0.05, 0.1) is 17.1 Å². The number of hydrogen-bond donors (Lipinski definition) is 2. The third-order valence-electron chi connectivity index (χ3n) is 9.47. The Morgan fingerprint density at radius 2 is 1.04 bits per heavy atom. The molecule has 0 aliphatic heterocycles. The molecule has 0 fully saturated rings. The van der Waals surface area contributed by atoms with Crippen LogP contribution in [0.5, 0.6) is 0 Å². The Bertz CT molecular complexity index is 2840. The van der Waals surface area contributed by atoms with Gasteiger partial charge in [0.15, 0.2) is 10.3 Å². The number of amidine groups is 1. The Labute approximate surface area is 435 Å². The molecule has 1 aromatic carbocycles. The second-order valence-electron chi connectivity index (χ2n) is 13.4. The molecule has 8 rings (SSSR count). The number of anilines is 4. The molecular weight excluding hydrogens is 1100 g/mol. The summed E-state index contributed by atoms with van der Waals surface area (Å²) in [5.74, 6) is 2.85. The molecule has 0 bridgehead atoms. The second kappa shape index (κ2) is 28.6. The number of pyridine rings is 3. The molecule has 14 nitrogen and oxygen atoms in total. The number of nitrogens with one attached hydrogen (secondary N) is 1. The Morgan fingerprint density at radius 3 is 1.43 bits per heavy atom. The highest BCUT2D eigenvalue weighted by atomic mass is 79.9. The highest BCUT2D eigenvalue weighted by Crippen LogP contribution is 2.31. The van der Waals surface area contributed by atoms with E-state index in [1.54, 1.807) is 17.0 Å². The van der Waals surface area contributed by atoms with E-state index in [0.29, 0.717) is 27.7 Å². The van der Waals surface area contributed by atoms with Gasteiger partial charge in [-0.1, -0.05) is 86.7 Å². The summed E-state index contributed by atoms with van der Waals surface area (Å²) in [6.45, 7) is 18.2. The van der Waals surface area contributed by atoms with Gasteiger partial charge >= 0.3 is 6.01 Å². The molecule has 0 spiro atoms. The van der Waals surface area contributed by atoms with Crippen LogP contribution in [0.25, 0.3) is 28.3 Å². The van der Waals surface area contributed by atoms with Gasteiger partial charge in [-0.05, 0) is 146 Å². The Morgan fingerprint density at radius 1 is 0.662 bits per heavy atom. The molecule has 68 heavy (non-hydrogen) atoms. The minimum absolute atomic E-state index is 0. The fourth-order valence-electron chi connectivity index (χ4n) is 6.44. The molecule has 0 saturated carbocycles. The van der Waals surface area contributed by atoms with Gasteiger partial charge in [-0.2, -0.15) is 4.98 Å². The fraction of sp³-hybridized carbons (Fsp3) is 0.354. The average Bonchev–Trinajstić information content (AvgIpc) is 4.16. The van der Waals surface area contributed by atoms with Gasteiger partial charge in [-0.25, -0.2) is 19.3 Å². The molecule has 8 aromatic rings. The van der Waals surface area contributed by atoms with Crippen molar-refractivity contribution in [3.05, 3.63) is 116 Å². The fourth-order valence-corrected chi connectivity index (χ4v) is 7.90. The number of rotatable bonds is 8. The number of nitrogens with two attached hydrogens (primary N) is 1. The lowest BCUT2D eigenvalue weighted by Gasteiger charge is -2.19. The highest BCUT2D eigenvalue weighted by molar-refractivity contribution is 9.11. The van der Waals surface area contributed by atoms with E-state index in [9.17, 15) is 4.39 Å². The van der Waals surface area contributed by atoms with Crippen molar-refractivity contribution in [2.75, 3.05) is 42.1 Å². The number of nitrogens with zero attached hydrogens (tertiary/aromatic N) is 11. The highest BCUT2D eigenvalue weighted by Gasteiger charge is 2.22. The first-order chi connectivity index (χ1) is 32.2. The van der Waals surface area contributed by atoms with Crippen LogP contribution in [0.2, 0.25) is 0 Å². The molecule has 0 saturated heterocycles. The summed E-state index contributed by atoms with van der Waals surface area (Å²) in [5.41, 5.74) is 11.9. The Hall–Kier alpha value is -4.89. The Balaban J connectivity index is 0.000000338. The first-order valence-electron chi connectivity index (χ1n) is 21.9. The maximum atomic E-state index is 13.1. The summed E-state index contributed by atoms with van der Waals surface area (Å²) in [6.07, 6.45) is 10.3. The second-order valence-corrected chi connectivity index (χ2v) is 17.3. The van der Waals surface area contributed by atoms with E-state index in [2.05, 4.69) is 86.7 Å². The summed E-state index contributed by atoms with van der Waals surface area (Å²) in [5, 5.41) is 12.8. The molecule has 3 N–H and O–H groups in total. The molecular formula is C48H65Br3FN13OS2. The van der Waals surface area contributed by atoms with E-state index in [0.717, 1.165) is 84.2 Å². The molecule has 0 unspecified atom stereocenters. The first-order valence-corrected chi connectivity index (χ1v) is 25.9. The molecule has 0 radical (unpaired) electrons. The van der Waals surface area contributed by atoms with E-state index in [4.69, 9.17) is 27.9 Å². The number of hydrogen-bond acceptors (Lipinski definition) is 10. The largest absolute Gasteiger partial charge is 0.376 e. The third-order valence-corrected chi connectivity index (χ3v) is 11.8. The van der Waals surface area contributed by atoms with Gasteiger partial charge in [-0.3, -0.25) is 23.5 Å². The van der Waals surface area contributed by atoms with Crippen molar-refractivity contribution in [1.82, 2.24) is 38.3 Å². The number of aromatic nitrogens is 8. The summed E-state index contributed by atoms with van der Waals surface area (Å²) < 4.78 is 27.4. The van der Waals surface area contributed by atoms with Gasteiger partial charge in [-0.15, -0.1) is 0 Å². The minimum Gasteiger partial charge on any atom is -0.376 e. The zero-order valence-electron chi connectivity index (χ0n) is 40.4. The van der Waals surface area contributed by atoms with Crippen molar-refractivity contribution < 1.29 is 8.91 Å². The van der Waals surface area contributed by atoms with Crippen LogP contribution >= 0.6 is 71.8 Å². The number of aryl methyl sites for hydroxylation is 3. The van der Waals surface area contributed by atoms with Gasteiger partial charge in [0.1, 0.15) is 40.2 Å². The number of halogens is 4. The van der Waals surface area contributed by atoms with Crippen molar-refractivity contribution in [2.45, 2.75) is 89.0 Å². The molecule has 0 amide bonds. The maximum absolute atomic E-state index is 13.1. The SMILES string of the molecule is C.CC.CC.CC.CCc1nc2ccc(Br)cn2c1N(C)C(=N)SC.CCc1nc2ccc(Br)cn2c1N(C)C(N)=S.CCc1nc2ccc(Br)cn2c1N(C)c1nc(-c2ccc(F)cc2)no1. The van der Waals surface area contributed by atoms with Crippen molar-refractivity contribution in [3.8, 4) is 11.4 Å². The standard InChI is InChI=1S/C18H15BrFN5O.C12H15BrN4S.C11H13BrN4S.3C2H6.CH4/c1-3-14-17(25-10-12(19)6-9-15(25)21-14)24(2)18-22-16(23-26-18)11-4-7-13(20)8-5-11;1-4-9-11(16(2)12(14)18-3)17-7-8(13)5-6-10(17)15-9;1-3-8-10(15(2)11(13)17)16-6-7(12)4-5-9(16)14-8;3*1-2;/h4-10H,3H2,1-2H3;5-7,14H,4H2,1-3H3;4-6H,3H2,1-2H3,(H2,13,17);3*1-2H3;1H4. The molecule has 20 heteroatoms. The van der Waals surface area contributed by atoms with E-state index in [1.165, 1.54) is 23.9 Å². The zero-order chi connectivity index (χ0) is 50.1. The lowest BCUT2D eigenvalue weighted by atomic mass is 10.2. The molecule has 7 heterocycles. The van der Waals surface area contributed by atoms with Crippen LogP contribution < -0.4 is 20.4 Å². The van der Waals surface area contributed by atoms with E-state index < -0.39 is 0 Å². The van der Waals surface area contributed by atoms with Crippen molar-refractivity contribution in [1.29, 1.82) is 5.41 Å². The lowest BCUT2D eigenvalue weighted by molar-refractivity contribution is 0.425. The zero-order valence-corrected chi connectivity index (χ0v) is 46.8. The Kier molecular flexibility index (Phi) is 24.9. The van der Waals surface area contributed by atoms with Gasteiger partial charge in [0.25, 0.3) is 0 Å². The van der Waals surface area contributed by atoms with Crippen LogP contribution in [0.15, 0.2) is 97.2 Å². The predicted molar refractivity (Wildman–Crippen MR) is 300 cm³/mol. The topological polar surface area (TPSA) is 150 Å². The van der Waals surface area contributed by atoms with Crippen LogP contribution in [0.1, 0.15) is 86.8 Å². The molecule has 7 aromatic heterocycles. The summed E-state index contributed by atoms with van der Waals surface area (Å²) >= 11 is 16.9. The normalized spacial score (nSPS) is 10.1. The van der Waals surface area contributed by atoms with E-state index in [-0.39, 0.29) is 13.2 Å². The maximum Gasteiger partial charge on any atom is 0.329 e. The van der Waals surface area contributed by atoms with Gasteiger partial charge in [0.2, 0.25) is 5.82 Å². The number of benzene rings is 1. The van der Waals surface area contributed by atoms with E-state index >= 15 is 0 Å².